The van der Waals surface area contributed by atoms with Crippen molar-refractivity contribution in [3.05, 3.63) is 66.4 Å². The first kappa shape index (κ1) is 13.8. The molecule has 3 aromatic rings. The molecule has 106 valence electrons. The Bertz CT molecular complexity index is 729. The first-order valence-electron chi connectivity index (χ1n) is 7.52. The fraction of sp³-hybridized carbons (Fsp3) is 0.211. The lowest BCUT2D eigenvalue weighted by Gasteiger charge is -2.09. The average molecular weight is 276 g/mol. The molecule has 0 saturated carbocycles. The van der Waals surface area contributed by atoms with Gasteiger partial charge >= 0.3 is 0 Å². The number of benzene rings is 2. The van der Waals surface area contributed by atoms with Crippen LogP contribution in [0.15, 0.2) is 60.8 Å². The maximum Gasteiger partial charge on any atom is 0.0708 e. The predicted molar refractivity (Wildman–Crippen MR) is 89.2 cm³/mol. The number of aromatic nitrogens is 1. The summed E-state index contributed by atoms with van der Waals surface area (Å²) in [5, 5.41) is 4.66. The standard InChI is InChI=1S/C19H20N2/c1-2-11-20-14-15-6-3-7-16(13-15)17-8-4-10-19-18(17)9-5-12-21-19/h3-10,12-13,20H,2,11,14H2,1H3. The van der Waals surface area contributed by atoms with Crippen LogP contribution in [0.3, 0.4) is 0 Å². The van der Waals surface area contributed by atoms with E-state index in [-0.39, 0.29) is 0 Å². The van der Waals surface area contributed by atoms with Crippen molar-refractivity contribution in [2.45, 2.75) is 19.9 Å². The van der Waals surface area contributed by atoms with E-state index in [9.17, 15) is 0 Å². The summed E-state index contributed by atoms with van der Waals surface area (Å²) in [5.41, 5.74) is 4.87. The van der Waals surface area contributed by atoms with Crippen molar-refractivity contribution in [2.24, 2.45) is 0 Å². The van der Waals surface area contributed by atoms with Crippen LogP contribution in [0.4, 0.5) is 0 Å². The topological polar surface area (TPSA) is 24.9 Å². The van der Waals surface area contributed by atoms with E-state index in [0.29, 0.717) is 0 Å². The summed E-state index contributed by atoms with van der Waals surface area (Å²) >= 11 is 0. The Morgan fingerprint density at radius 2 is 1.90 bits per heavy atom. The summed E-state index contributed by atoms with van der Waals surface area (Å²) in [6.45, 7) is 4.17. The lowest BCUT2D eigenvalue weighted by Crippen LogP contribution is -2.13. The van der Waals surface area contributed by atoms with Gasteiger partial charge in [-0.05, 0) is 47.9 Å². The van der Waals surface area contributed by atoms with Gasteiger partial charge in [0.1, 0.15) is 0 Å². The summed E-state index contributed by atoms with van der Waals surface area (Å²) in [4.78, 5) is 4.44. The molecule has 0 amide bonds. The van der Waals surface area contributed by atoms with Gasteiger partial charge < -0.3 is 5.32 Å². The molecule has 0 atom stereocenters. The van der Waals surface area contributed by atoms with Crippen LogP contribution in [0.25, 0.3) is 22.0 Å². The summed E-state index contributed by atoms with van der Waals surface area (Å²) < 4.78 is 0. The molecule has 0 spiro atoms. The third-order valence-corrected chi connectivity index (χ3v) is 3.64. The Morgan fingerprint density at radius 3 is 2.81 bits per heavy atom. The molecular weight excluding hydrogens is 256 g/mol. The highest BCUT2D eigenvalue weighted by atomic mass is 14.8. The Balaban J connectivity index is 1.97. The van der Waals surface area contributed by atoms with Gasteiger partial charge in [0.25, 0.3) is 0 Å². The minimum absolute atomic E-state index is 0.921. The maximum absolute atomic E-state index is 4.44. The van der Waals surface area contributed by atoms with Crippen molar-refractivity contribution in [2.75, 3.05) is 6.54 Å². The zero-order valence-corrected chi connectivity index (χ0v) is 12.3. The molecule has 21 heavy (non-hydrogen) atoms. The molecule has 2 nitrogen and oxygen atoms in total. The van der Waals surface area contributed by atoms with E-state index in [0.717, 1.165) is 25.0 Å². The Hall–Kier alpha value is -2.19. The van der Waals surface area contributed by atoms with Crippen molar-refractivity contribution in [3.63, 3.8) is 0 Å². The molecule has 1 N–H and O–H groups in total. The van der Waals surface area contributed by atoms with Gasteiger partial charge in [-0.3, -0.25) is 4.98 Å². The molecule has 2 aromatic carbocycles. The van der Waals surface area contributed by atoms with Gasteiger partial charge in [-0.1, -0.05) is 43.3 Å². The maximum atomic E-state index is 4.44. The van der Waals surface area contributed by atoms with Gasteiger partial charge in [-0.15, -0.1) is 0 Å². The SMILES string of the molecule is CCCNCc1cccc(-c2cccc3ncccc23)c1. The van der Waals surface area contributed by atoms with E-state index in [1.165, 1.54) is 22.1 Å². The molecule has 0 radical (unpaired) electrons. The van der Waals surface area contributed by atoms with E-state index in [1.807, 2.05) is 12.3 Å². The quantitative estimate of drug-likeness (QED) is 0.699. The first-order valence-corrected chi connectivity index (χ1v) is 7.52. The van der Waals surface area contributed by atoms with Gasteiger partial charge in [0.2, 0.25) is 0 Å². The van der Waals surface area contributed by atoms with Crippen LogP contribution in [0, 0.1) is 0 Å². The van der Waals surface area contributed by atoms with Crippen LogP contribution >= 0.6 is 0 Å². The monoisotopic (exact) mass is 276 g/mol. The fourth-order valence-electron chi connectivity index (χ4n) is 2.61. The first-order chi connectivity index (χ1) is 10.4. The molecule has 0 aliphatic rings. The summed E-state index contributed by atoms with van der Waals surface area (Å²) in [7, 11) is 0. The van der Waals surface area contributed by atoms with Crippen LogP contribution in [-0.4, -0.2) is 11.5 Å². The highest BCUT2D eigenvalue weighted by molar-refractivity contribution is 5.94. The zero-order chi connectivity index (χ0) is 14.5. The number of hydrogen-bond donors (Lipinski definition) is 1. The molecule has 1 heterocycles. The van der Waals surface area contributed by atoms with Crippen molar-refractivity contribution in [1.29, 1.82) is 0 Å². The molecule has 0 aliphatic carbocycles. The van der Waals surface area contributed by atoms with Crippen molar-refractivity contribution in [1.82, 2.24) is 10.3 Å². The second-order valence-electron chi connectivity index (χ2n) is 5.25. The number of rotatable bonds is 5. The normalized spacial score (nSPS) is 10.9. The van der Waals surface area contributed by atoms with Crippen LogP contribution in [-0.2, 0) is 6.54 Å². The van der Waals surface area contributed by atoms with Crippen LogP contribution < -0.4 is 5.32 Å². The van der Waals surface area contributed by atoms with Gasteiger partial charge in [0.05, 0.1) is 5.52 Å². The Labute approximate surface area is 125 Å². The fourth-order valence-corrected chi connectivity index (χ4v) is 2.61. The van der Waals surface area contributed by atoms with Gasteiger partial charge in [-0.2, -0.15) is 0 Å². The van der Waals surface area contributed by atoms with Crippen LogP contribution in [0.1, 0.15) is 18.9 Å². The molecule has 0 bridgehead atoms. The second-order valence-corrected chi connectivity index (χ2v) is 5.25. The predicted octanol–water partition coefficient (Wildman–Crippen LogP) is 4.40. The van der Waals surface area contributed by atoms with Crippen molar-refractivity contribution < 1.29 is 0 Å². The molecule has 1 aromatic heterocycles. The number of hydrogen-bond acceptors (Lipinski definition) is 2. The van der Waals surface area contributed by atoms with E-state index >= 15 is 0 Å². The number of nitrogens with zero attached hydrogens (tertiary/aromatic N) is 1. The summed E-state index contributed by atoms with van der Waals surface area (Å²) in [6.07, 6.45) is 3.01. The highest BCUT2D eigenvalue weighted by Crippen LogP contribution is 2.28. The highest BCUT2D eigenvalue weighted by Gasteiger charge is 2.04. The van der Waals surface area contributed by atoms with E-state index in [4.69, 9.17) is 0 Å². The van der Waals surface area contributed by atoms with Crippen molar-refractivity contribution >= 4 is 10.9 Å². The van der Waals surface area contributed by atoms with E-state index < -0.39 is 0 Å². The molecule has 0 unspecified atom stereocenters. The summed E-state index contributed by atoms with van der Waals surface area (Å²) in [5.74, 6) is 0. The molecule has 2 heteroatoms. The molecule has 0 aliphatic heterocycles. The van der Waals surface area contributed by atoms with Crippen molar-refractivity contribution in [3.8, 4) is 11.1 Å². The van der Waals surface area contributed by atoms with Gasteiger partial charge in [-0.25, -0.2) is 0 Å². The molecule has 3 rings (SSSR count). The van der Waals surface area contributed by atoms with Crippen LogP contribution in [0.2, 0.25) is 0 Å². The molecule has 0 saturated heterocycles. The number of pyridine rings is 1. The molecule has 0 fully saturated rings. The minimum atomic E-state index is 0.921. The number of fused-ring (bicyclic) bond motifs is 1. The average Bonchev–Trinajstić information content (AvgIpc) is 2.55. The largest absolute Gasteiger partial charge is 0.313 e. The molecular formula is C19H20N2. The Morgan fingerprint density at radius 1 is 1.00 bits per heavy atom. The second kappa shape index (κ2) is 6.51. The zero-order valence-electron chi connectivity index (χ0n) is 12.3. The van der Waals surface area contributed by atoms with Gasteiger partial charge in [0.15, 0.2) is 0 Å². The Kier molecular flexibility index (Phi) is 4.27. The number of nitrogens with one attached hydrogen (secondary N) is 1. The lowest BCUT2D eigenvalue weighted by molar-refractivity contribution is 0.675. The van der Waals surface area contributed by atoms with Gasteiger partial charge in [0, 0.05) is 18.1 Å². The van der Waals surface area contributed by atoms with Crippen LogP contribution in [0.5, 0.6) is 0 Å². The van der Waals surface area contributed by atoms with E-state index in [2.05, 4.69) is 65.8 Å². The third-order valence-electron chi connectivity index (χ3n) is 3.64. The minimum Gasteiger partial charge on any atom is -0.313 e. The lowest BCUT2D eigenvalue weighted by atomic mass is 9.99. The third kappa shape index (κ3) is 3.11. The summed E-state index contributed by atoms with van der Waals surface area (Å²) in [6, 6.07) is 19.2. The van der Waals surface area contributed by atoms with E-state index in [1.54, 1.807) is 0 Å². The smallest absolute Gasteiger partial charge is 0.0708 e.